The monoisotopic (exact) mass is 384 g/mol. The standard InChI is InChI=1S/C23H29FN2O2/c1-25-13-11-18(12-14-25)15-23(27)26(16-19-3-7-21(24)8-4-19)17-20-5-9-22(28-2)10-6-20/h3-10,18H,11-17H2,1-2H3. The van der Waals surface area contributed by atoms with E-state index < -0.39 is 0 Å². The van der Waals surface area contributed by atoms with Gasteiger partial charge in [0.2, 0.25) is 5.91 Å². The number of nitrogens with zero attached hydrogens (tertiary/aromatic N) is 2. The first kappa shape index (κ1) is 20.3. The maximum Gasteiger partial charge on any atom is 0.223 e. The average molecular weight is 384 g/mol. The molecule has 5 heteroatoms. The van der Waals surface area contributed by atoms with Crippen LogP contribution in [0.1, 0.15) is 30.4 Å². The number of carbonyl (C=O) groups is 1. The zero-order chi connectivity index (χ0) is 19.9. The van der Waals surface area contributed by atoms with Crippen LogP contribution >= 0.6 is 0 Å². The van der Waals surface area contributed by atoms with Crippen LogP contribution in [0.4, 0.5) is 4.39 Å². The van der Waals surface area contributed by atoms with Gasteiger partial charge in [-0.05, 0) is 74.3 Å². The van der Waals surface area contributed by atoms with Gasteiger partial charge in [0.25, 0.3) is 0 Å². The van der Waals surface area contributed by atoms with Gasteiger partial charge in [0.15, 0.2) is 0 Å². The first-order valence-electron chi connectivity index (χ1n) is 9.87. The van der Waals surface area contributed by atoms with Crippen molar-refractivity contribution in [1.82, 2.24) is 9.80 Å². The topological polar surface area (TPSA) is 32.8 Å². The minimum atomic E-state index is -0.261. The Balaban J connectivity index is 1.70. The third kappa shape index (κ3) is 5.80. The van der Waals surface area contributed by atoms with Crippen molar-refractivity contribution < 1.29 is 13.9 Å². The van der Waals surface area contributed by atoms with Crippen LogP contribution in [0.25, 0.3) is 0 Å². The zero-order valence-electron chi connectivity index (χ0n) is 16.7. The Hall–Kier alpha value is -2.40. The molecule has 0 spiro atoms. The fourth-order valence-corrected chi connectivity index (χ4v) is 3.64. The molecule has 0 saturated carbocycles. The Morgan fingerprint density at radius 1 is 1.04 bits per heavy atom. The fraction of sp³-hybridized carbons (Fsp3) is 0.435. The molecule has 1 heterocycles. The van der Waals surface area contributed by atoms with E-state index in [1.54, 1.807) is 19.2 Å². The number of halogens is 1. The van der Waals surface area contributed by atoms with Gasteiger partial charge in [-0.2, -0.15) is 0 Å². The van der Waals surface area contributed by atoms with E-state index >= 15 is 0 Å². The van der Waals surface area contributed by atoms with Gasteiger partial charge in [-0.25, -0.2) is 4.39 Å². The smallest absolute Gasteiger partial charge is 0.223 e. The molecule has 2 aromatic rings. The number of ether oxygens (including phenoxy) is 1. The molecule has 150 valence electrons. The van der Waals surface area contributed by atoms with Crippen molar-refractivity contribution in [3.05, 3.63) is 65.5 Å². The number of methoxy groups -OCH3 is 1. The van der Waals surface area contributed by atoms with Crippen molar-refractivity contribution in [3.63, 3.8) is 0 Å². The summed E-state index contributed by atoms with van der Waals surface area (Å²) in [4.78, 5) is 17.3. The molecule has 1 fully saturated rings. The molecule has 0 atom stereocenters. The van der Waals surface area contributed by atoms with Crippen molar-refractivity contribution >= 4 is 5.91 Å². The predicted molar refractivity (Wildman–Crippen MR) is 108 cm³/mol. The van der Waals surface area contributed by atoms with Crippen LogP contribution in [0.15, 0.2) is 48.5 Å². The highest BCUT2D eigenvalue weighted by atomic mass is 19.1. The summed E-state index contributed by atoms with van der Waals surface area (Å²) < 4.78 is 18.5. The van der Waals surface area contributed by atoms with Crippen LogP contribution in [0, 0.1) is 11.7 Å². The molecule has 1 aliphatic heterocycles. The second-order valence-electron chi connectivity index (χ2n) is 7.68. The molecule has 2 aromatic carbocycles. The third-order valence-electron chi connectivity index (χ3n) is 5.47. The molecule has 0 N–H and O–H groups in total. The van der Waals surface area contributed by atoms with Crippen LogP contribution in [-0.4, -0.2) is 43.0 Å². The van der Waals surface area contributed by atoms with Crippen molar-refractivity contribution in [3.8, 4) is 5.75 Å². The highest BCUT2D eigenvalue weighted by molar-refractivity contribution is 5.76. The van der Waals surface area contributed by atoms with E-state index in [0.717, 1.165) is 42.8 Å². The summed E-state index contributed by atoms with van der Waals surface area (Å²) in [5.41, 5.74) is 1.99. The summed E-state index contributed by atoms with van der Waals surface area (Å²) in [6.45, 7) is 3.12. The van der Waals surface area contributed by atoms with E-state index in [-0.39, 0.29) is 11.7 Å². The number of hydrogen-bond acceptors (Lipinski definition) is 3. The van der Waals surface area contributed by atoms with Gasteiger partial charge in [0.1, 0.15) is 11.6 Å². The lowest BCUT2D eigenvalue weighted by atomic mass is 9.93. The van der Waals surface area contributed by atoms with Crippen molar-refractivity contribution in [2.75, 3.05) is 27.2 Å². The van der Waals surface area contributed by atoms with Gasteiger partial charge in [0, 0.05) is 19.5 Å². The van der Waals surface area contributed by atoms with E-state index in [9.17, 15) is 9.18 Å². The van der Waals surface area contributed by atoms with Gasteiger partial charge >= 0.3 is 0 Å². The number of likely N-dealkylation sites (tertiary alicyclic amines) is 1. The van der Waals surface area contributed by atoms with E-state index in [1.807, 2.05) is 29.2 Å². The van der Waals surface area contributed by atoms with Crippen LogP contribution < -0.4 is 4.74 Å². The molecule has 28 heavy (non-hydrogen) atoms. The van der Waals surface area contributed by atoms with Crippen LogP contribution in [0.2, 0.25) is 0 Å². The highest BCUT2D eigenvalue weighted by Crippen LogP contribution is 2.22. The first-order valence-corrected chi connectivity index (χ1v) is 9.87. The normalized spacial score (nSPS) is 15.4. The first-order chi connectivity index (χ1) is 13.5. The molecular weight excluding hydrogens is 355 g/mol. The van der Waals surface area contributed by atoms with E-state index in [1.165, 1.54) is 12.1 Å². The summed E-state index contributed by atoms with van der Waals surface area (Å²) in [5, 5.41) is 0. The Labute approximate surface area is 166 Å². The van der Waals surface area contributed by atoms with Crippen molar-refractivity contribution in [1.29, 1.82) is 0 Å². The van der Waals surface area contributed by atoms with E-state index in [0.29, 0.717) is 25.4 Å². The van der Waals surface area contributed by atoms with Crippen LogP contribution in [0.5, 0.6) is 5.75 Å². The zero-order valence-corrected chi connectivity index (χ0v) is 16.7. The fourth-order valence-electron chi connectivity index (χ4n) is 3.64. The van der Waals surface area contributed by atoms with Gasteiger partial charge in [-0.1, -0.05) is 24.3 Å². The minimum absolute atomic E-state index is 0.162. The maximum absolute atomic E-state index is 13.2. The lowest BCUT2D eigenvalue weighted by Crippen LogP contribution is -2.35. The van der Waals surface area contributed by atoms with Gasteiger partial charge in [-0.3, -0.25) is 4.79 Å². The molecule has 1 amide bonds. The molecule has 0 aromatic heterocycles. The Kier molecular flexibility index (Phi) is 7.04. The number of benzene rings is 2. The molecular formula is C23H29FN2O2. The summed E-state index contributed by atoms with van der Waals surface area (Å²) in [5.74, 6) is 1.14. The summed E-state index contributed by atoms with van der Waals surface area (Å²) >= 11 is 0. The average Bonchev–Trinajstić information content (AvgIpc) is 2.71. The third-order valence-corrected chi connectivity index (χ3v) is 5.47. The van der Waals surface area contributed by atoms with Gasteiger partial charge < -0.3 is 14.5 Å². The number of hydrogen-bond donors (Lipinski definition) is 0. The van der Waals surface area contributed by atoms with Gasteiger partial charge in [0.05, 0.1) is 7.11 Å². The second-order valence-corrected chi connectivity index (χ2v) is 7.68. The highest BCUT2D eigenvalue weighted by Gasteiger charge is 2.23. The molecule has 0 unspecified atom stereocenters. The van der Waals surface area contributed by atoms with E-state index in [2.05, 4.69) is 11.9 Å². The number of amides is 1. The second kappa shape index (κ2) is 9.69. The minimum Gasteiger partial charge on any atom is -0.497 e. The molecule has 0 radical (unpaired) electrons. The van der Waals surface area contributed by atoms with Crippen LogP contribution in [-0.2, 0) is 17.9 Å². The molecule has 1 aliphatic rings. The predicted octanol–water partition coefficient (Wildman–Crippen LogP) is 4.10. The van der Waals surface area contributed by atoms with E-state index in [4.69, 9.17) is 4.74 Å². The lowest BCUT2D eigenvalue weighted by molar-refractivity contribution is -0.133. The number of rotatable bonds is 7. The quantitative estimate of drug-likeness (QED) is 0.721. The Morgan fingerprint density at radius 3 is 2.11 bits per heavy atom. The SMILES string of the molecule is COc1ccc(CN(Cc2ccc(F)cc2)C(=O)CC2CCN(C)CC2)cc1. The van der Waals surface area contributed by atoms with Crippen LogP contribution in [0.3, 0.4) is 0 Å². The summed E-state index contributed by atoms with van der Waals surface area (Å²) in [6.07, 6.45) is 2.70. The number of piperidine rings is 1. The number of carbonyl (C=O) groups excluding carboxylic acids is 1. The summed E-state index contributed by atoms with van der Waals surface area (Å²) in [7, 11) is 3.77. The van der Waals surface area contributed by atoms with Crippen molar-refractivity contribution in [2.45, 2.75) is 32.4 Å². The molecule has 1 saturated heterocycles. The molecule has 0 bridgehead atoms. The molecule has 4 nitrogen and oxygen atoms in total. The van der Waals surface area contributed by atoms with Crippen molar-refractivity contribution in [2.24, 2.45) is 5.92 Å². The lowest BCUT2D eigenvalue weighted by Gasteiger charge is -2.31. The Bertz CT molecular complexity index is 753. The summed E-state index contributed by atoms with van der Waals surface area (Å²) in [6, 6.07) is 14.2. The molecule has 0 aliphatic carbocycles. The Morgan fingerprint density at radius 2 is 1.57 bits per heavy atom. The molecule has 3 rings (SSSR count). The maximum atomic E-state index is 13.2. The van der Waals surface area contributed by atoms with Gasteiger partial charge in [-0.15, -0.1) is 0 Å². The largest absolute Gasteiger partial charge is 0.497 e.